The van der Waals surface area contributed by atoms with E-state index < -0.39 is 0 Å². The molecule has 0 aromatic heterocycles. The molecule has 1 amide bonds. The zero-order valence-corrected chi connectivity index (χ0v) is 15.2. The molecule has 0 N–H and O–H groups in total. The van der Waals surface area contributed by atoms with E-state index in [4.69, 9.17) is 9.47 Å². The normalized spacial score (nSPS) is 18.1. The lowest BCUT2D eigenvalue weighted by Gasteiger charge is -2.39. The first-order valence-electron chi connectivity index (χ1n) is 8.55. The second-order valence-electron chi connectivity index (χ2n) is 6.30. The minimum absolute atomic E-state index is 0.0251. The van der Waals surface area contributed by atoms with Crippen molar-refractivity contribution in [2.24, 2.45) is 0 Å². The number of rotatable bonds is 5. The fourth-order valence-corrected chi connectivity index (χ4v) is 3.18. The second kappa shape index (κ2) is 7.74. The fraction of sp³-hybridized carbons (Fsp3) is 0.350. The molecule has 0 unspecified atom stereocenters. The van der Waals surface area contributed by atoms with Gasteiger partial charge >= 0.3 is 0 Å². The van der Waals surface area contributed by atoms with Gasteiger partial charge in [-0.3, -0.25) is 9.69 Å². The molecule has 3 rings (SSSR count). The Hall–Kier alpha value is -2.60. The third kappa shape index (κ3) is 3.65. The van der Waals surface area contributed by atoms with Gasteiger partial charge in [0.15, 0.2) is 0 Å². The topological polar surface area (TPSA) is 42.0 Å². The van der Waals surface area contributed by atoms with Crippen LogP contribution in [-0.4, -0.2) is 44.2 Å². The summed E-state index contributed by atoms with van der Waals surface area (Å²) in [5, 5.41) is 0. The zero-order chi connectivity index (χ0) is 18.7. The van der Waals surface area contributed by atoms with E-state index in [1.54, 1.807) is 37.3 Å². The molecule has 26 heavy (non-hydrogen) atoms. The predicted octanol–water partition coefficient (Wildman–Crippen LogP) is 3.08. The molecule has 1 atom stereocenters. The minimum atomic E-state index is -0.347. The molecule has 0 radical (unpaired) electrons. The minimum Gasteiger partial charge on any atom is -0.497 e. The number of carbonyl (C=O) groups is 1. The van der Waals surface area contributed by atoms with Crippen molar-refractivity contribution < 1.29 is 18.7 Å². The number of nitrogens with zero attached hydrogens (tertiary/aromatic N) is 2. The summed E-state index contributed by atoms with van der Waals surface area (Å²) >= 11 is 0. The summed E-state index contributed by atoms with van der Waals surface area (Å²) in [5.41, 5.74) is 1.34. The quantitative estimate of drug-likeness (QED) is 0.824. The van der Waals surface area contributed by atoms with Gasteiger partial charge < -0.3 is 14.4 Å². The molecule has 138 valence electrons. The highest BCUT2D eigenvalue weighted by Gasteiger charge is 2.33. The van der Waals surface area contributed by atoms with Crippen LogP contribution in [-0.2, 0) is 11.3 Å². The van der Waals surface area contributed by atoms with Crippen molar-refractivity contribution in [3.8, 4) is 11.5 Å². The van der Waals surface area contributed by atoms with Gasteiger partial charge in [0, 0.05) is 43.4 Å². The van der Waals surface area contributed by atoms with Crippen LogP contribution in [0.25, 0.3) is 0 Å². The number of ether oxygens (including phenoxy) is 2. The molecule has 1 aliphatic heterocycles. The van der Waals surface area contributed by atoms with Crippen molar-refractivity contribution in [2.75, 3.05) is 32.2 Å². The number of benzene rings is 2. The Balaban J connectivity index is 1.79. The van der Waals surface area contributed by atoms with Gasteiger partial charge in [0.05, 0.1) is 25.9 Å². The van der Waals surface area contributed by atoms with Crippen LogP contribution in [0.5, 0.6) is 11.5 Å². The van der Waals surface area contributed by atoms with Gasteiger partial charge in [-0.1, -0.05) is 18.2 Å². The standard InChI is InChI=1S/C20H23FN2O3/c1-14-20(24)23(16-10-17(25-2)12-18(11-16)26-3)9-8-22(14)13-15-6-4-5-7-19(15)21/h4-7,10-12,14H,8-9,13H2,1-3H3/t14-/m0/s1. The molecule has 0 bridgehead atoms. The zero-order valence-electron chi connectivity index (χ0n) is 15.2. The van der Waals surface area contributed by atoms with Gasteiger partial charge in [-0.2, -0.15) is 0 Å². The van der Waals surface area contributed by atoms with Gasteiger partial charge in [0.1, 0.15) is 17.3 Å². The lowest BCUT2D eigenvalue weighted by Crippen LogP contribution is -2.55. The van der Waals surface area contributed by atoms with Crippen LogP contribution in [0, 0.1) is 5.82 Å². The number of carbonyl (C=O) groups excluding carboxylic acids is 1. The van der Waals surface area contributed by atoms with Gasteiger partial charge in [0.25, 0.3) is 0 Å². The Labute approximate surface area is 152 Å². The van der Waals surface area contributed by atoms with E-state index in [2.05, 4.69) is 0 Å². The van der Waals surface area contributed by atoms with Gasteiger partial charge in [-0.05, 0) is 13.0 Å². The lowest BCUT2D eigenvalue weighted by atomic mass is 10.1. The average molecular weight is 358 g/mol. The van der Waals surface area contributed by atoms with Gasteiger partial charge in [0.2, 0.25) is 5.91 Å². The third-order valence-electron chi connectivity index (χ3n) is 4.76. The molecule has 0 aliphatic carbocycles. The summed E-state index contributed by atoms with van der Waals surface area (Å²) in [5.74, 6) is 0.997. The molecule has 0 saturated carbocycles. The van der Waals surface area contributed by atoms with Crippen molar-refractivity contribution in [3.05, 3.63) is 53.8 Å². The summed E-state index contributed by atoms with van der Waals surface area (Å²) in [4.78, 5) is 16.6. The number of hydrogen-bond donors (Lipinski definition) is 0. The van der Waals surface area contributed by atoms with E-state index in [1.807, 2.05) is 30.0 Å². The Morgan fingerprint density at radius 3 is 2.35 bits per heavy atom. The number of piperazine rings is 1. The van der Waals surface area contributed by atoms with Crippen LogP contribution in [0.2, 0.25) is 0 Å². The van der Waals surface area contributed by atoms with Gasteiger partial charge in [-0.15, -0.1) is 0 Å². The molecular formula is C20H23FN2O3. The van der Waals surface area contributed by atoms with E-state index in [-0.39, 0.29) is 17.8 Å². The first-order chi connectivity index (χ1) is 12.5. The smallest absolute Gasteiger partial charge is 0.244 e. The summed E-state index contributed by atoms with van der Waals surface area (Å²) in [6.45, 7) is 3.44. The predicted molar refractivity (Wildman–Crippen MR) is 98.2 cm³/mol. The van der Waals surface area contributed by atoms with Gasteiger partial charge in [-0.25, -0.2) is 4.39 Å². The largest absolute Gasteiger partial charge is 0.497 e. The Kier molecular flexibility index (Phi) is 5.42. The summed E-state index contributed by atoms with van der Waals surface area (Å²) in [6.07, 6.45) is 0. The molecular weight excluding hydrogens is 335 g/mol. The van der Waals surface area contributed by atoms with E-state index in [0.29, 0.717) is 36.7 Å². The highest BCUT2D eigenvalue weighted by atomic mass is 19.1. The molecule has 0 spiro atoms. The van der Waals surface area contributed by atoms with Crippen molar-refractivity contribution in [2.45, 2.75) is 19.5 Å². The Bertz CT molecular complexity index is 774. The molecule has 6 heteroatoms. The molecule has 1 fully saturated rings. The number of amides is 1. The molecule has 2 aromatic rings. The fourth-order valence-electron chi connectivity index (χ4n) is 3.18. The van der Waals surface area contributed by atoms with E-state index >= 15 is 0 Å². The Morgan fingerprint density at radius 2 is 1.73 bits per heavy atom. The van der Waals surface area contributed by atoms with E-state index in [0.717, 1.165) is 5.69 Å². The monoisotopic (exact) mass is 358 g/mol. The molecule has 2 aromatic carbocycles. The maximum absolute atomic E-state index is 13.9. The first kappa shape index (κ1) is 18.2. The summed E-state index contributed by atoms with van der Waals surface area (Å²) in [6, 6.07) is 11.7. The van der Waals surface area contributed by atoms with Crippen LogP contribution in [0.15, 0.2) is 42.5 Å². The van der Waals surface area contributed by atoms with Crippen molar-refractivity contribution in [1.29, 1.82) is 0 Å². The molecule has 5 nitrogen and oxygen atoms in total. The number of hydrogen-bond acceptors (Lipinski definition) is 4. The number of anilines is 1. The lowest BCUT2D eigenvalue weighted by molar-refractivity contribution is -0.125. The molecule has 1 aliphatic rings. The van der Waals surface area contributed by atoms with E-state index in [1.165, 1.54) is 6.07 Å². The van der Waals surface area contributed by atoms with Crippen LogP contribution in [0.4, 0.5) is 10.1 Å². The summed E-state index contributed by atoms with van der Waals surface area (Å²) in [7, 11) is 3.16. The number of methoxy groups -OCH3 is 2. The van der Waals surface area contributed by atoms with Crippen molar-refractivity contribution in [3.63, 3.8) is 0 Å². The third-order valence-corrected chi connectivity index (χ3v) is 4.76. The molecule has 1 heterocycles. The summed E-state index contributed by atoms with van der Waals surface area (Å²) < 4.78 is 24.5. The van der Waals surface area contributed by atoms with Crippen LogP contribution < -0.4 is 14.4 Å². The second-order valence-corrected chi connectivity index (χ2v) is 6.30. The van der Waals surface area contributed by atoms with Crippen LogP contribution in [0.3, 0.4) is 0 Å². The first-order valence-corrected chi connectivity index (χ1v) is 8.55. The van der Waals surface area contributed by atoms with Crippen molar-refractivity contribution >= 4 is 11.6 Å². The van der Waals surface area contributed by atoms with Crippen molar-refractivity contribution in [1.82, 2.24) is 4.90 Å². The van der Waals surface area contributed by atoms with E-state index in [9.17, 15) is 9.18 Å². The Morgan fingerprint density at radius 1 is 1.08 bits per heavy atom. The van der Waals surface area contributed by atoms with Crippen LogP contribution in [0.1, 0.15) is 12.5 Å². The highest BCUT2D eigenvalue weighted by molar-refractivity contribution is 5.98. The number of halogens is 1. The maximum Gasteiger partial charge on any atom is 0.244 e. The van der Waals surface area contributed by atoms with Crippen LogP contribution >= 0.6 is 0 Å². The highest BCUT2D eigenvalue weighted by Crippen LogP contribution is 2.30. The SMILES string of the molecule is COc1cc(OC)cc(N2CCN(Cc3ccccc3F)[C@@H](C)C2=O)c1. The average Bonchev–Trinajstić information content (AvgIpc) is 2.66. The maximum atomic E-state index is 13.9. The molecule has 1 saturated heterocycles.